The molecule has 0 amide bonds. The van der Waals surface area contributed by atoms with Gasteiger partial charge in [0.2, 0.25) is 10.0 Å². The van der Waals surface area contributed by atoms with Gasteiger partial charge in [0.05, 0.1) is 4.90 Å². The highest BCUT2D eigenvalue weighted by Gasteiger charge is 2.15. The van der Waals surface area contributed by atoms with Gasteiger partial charge in [0, 0.05) is 30.0 Å². The molecule has 0 spiro atoms. The summed E-state index contributed by atoms with van der Waals surface area (Å²) in [5, 5.41) is 0.456. The summed E-state index contributed by atoms with van der Waals surface area (Å²) in [6.45, 7) is 6.27. The van der Waals surface area contributed by atoms with E-state index in [0.717, 1.165) is 16.8 Å². The van der Waals surface area contributed by atoms with E-state index >= 15 is 0 Å². The lowest BCUT2D eigenvalue weighted by Gasteiger charge is -2.08. The maximum Gasteiger partial charge on any atom is 0.240 e. The molecule has 0 bridgehead atoms. The molecule has 1 N–H and O–H groups in total. The molecule has 0 aliphatic rings. The maximum atomic E-state index is 12.3. The average molecular weight is 341 g/mol. The molecule has 0 saturated carbocycles. The first-order valence-electron chi connectivity index (χ1n) is 7.10. The van der Waals surface area contributed by atoms with Gasteiger partial charge in [-0.3, -0.25) is 0 Å². The van der Waals surface area contributed by atoms with Gasteiger partial charge < -0.3 is 4.57 Å². The van der Waals surface area contributed by atoms with Gasteiger partial charge in [-0.2, -0.15) is 0 Å². The summed E-state index contributed by atoms with van der Waals surface area (Å²) in [6, 6.07) is 6.85. The van der Waals surface area contributed by atoms with E-state index in [2.05, 4.69) is 15.4 Å². The first-order valence-corrected chi connectivity index (χ1v) is 8.96. The molecule has 1 aromatic heterocycles. The van der Waals surface area contributed by atoms with Crippen molar-refractivity contribution < 1.29 is 8.42 Å². The number of hydrogen-bond donors (Lipinski definition) is 1. The summed E-state index contributed by atoms with van der Waals surface area (Å²) < 4.78 is 29.3. The zero-order valence-corrected chi connectivity index (χ0v) is 14.8. The van der Waals surface area contributed by atoms with Crippen molar-refractivity contribution in [3.8, 4) is 0 Å². The fourth-order valence-electron chi connectivity index (χ4n) is 2.33. The van der Waals surface area contributed by atoms with Crippen LogP contribution in [-0.2, 0) is 23.5 Å². The smallest absolute Gasteiger partial charge is 0.240 e. The second-order valence-corrected chi connectivity index (χ2v) is 7.69. The van der Waals surface area contributed by atoms with Gasteiger partial charge in [0.1, 0.15) is 0 Å². The molecule has 1 aromatic carbocycles. The van der Waals surface area contributed by atoms with Gasteiger partial charge in [-0.05, 0) is 56.5 Å². The molecule has 2 rings (SSSR count). The largest absolute Gasteiger partial charge is 0.352 e. The Morgan fingerprint density at radius 1 is 1.18 bits per heavy atom. The van der Waals surface area contributed by atoms with Crippen molar-refractivity contribution in [2.24, 2.45) is 7.05 Å². The third kappa shape index (κ3) is 3.54. The van der Waals surface area contributed by atoms with Crippen molar-refractivity contribution in [1.29, 1.82) is 0 Å². The van der Waals surface area contributed by atoms with E-state index in [1.807, 2.05) is 27.8 Å². The van der Waals surface area contributed by atoms with Crippen molar-refractivity contribution in [3.05, 3.63) is 51.8 Å². The number of aryl methyl sites for hydroxylation is 2. The highest BCUT2D eigenvalue weighted by molar-refractivity contribution is 7.89. The van der Waals surface area contributed by atoms with Crippen LogP contribution >= 0.6 is 11.6 Å². The van der Waals surface area contributed by atoms with Gasteiger partial charge in [0.15, 0.2) is 0 Å². The van der Waals surface area contributed by atoms with Crippen LogP contribution in [-0.4, -0.2) is 19.5 Å². The third-order valence-corrected chi connectivity index (χ3v) is 5.89. The fourth-order valence-corrected chi connectivity index (χ4v) is 3.63. The zero-order valence-electron chi connectivity index (χ0n) is 13.3. The topological polar surface area (TPSA) is 51.1 Å². The normalized spacial score (nSPS) is 11.9. The Labute approximate surface area is 137 Å². The van der Waals surface area contributed by atoms with E-state index < -0.39 is 10.0 Å². The van der Waals surface area contributed by atoms with Crippen LogP contribution in [0.1, 0.15) is 22.5 Å². The number of rotatable bonds is 5. The number of hydrogen-bond acceptors (Lipinski definition) is 2. The van der Waals surface area contributed by atoms with Gasteiger partial charge in [-0.15, -0.1) is 0 Å². The zero-order chi connectivity index (χ0) is 16.5. The van der Waals surface area contributed by atoms with E-state index in [4.69, 9.17) is 11.6 Å². The summed E-state index contributed by atoms with van der Waals surface area (Å²) in [7, 11) is -1.52. The summed E-state index contributed by atoms with van der Waals surface area (Å²) >= 11 is 6.00. The minimum absolute atomic E-state index is 0.198. The highest BCUT2D eigenvalue weighted by atomic mass is 35.5. The monoisotopic (exact) mass is 340 g/mol. The van der Waals surface area contributed by atoms with Crippen LogP contribution in [0.3, 0.4) is 0 Å². The molecule has 0 aliphatic carbocycles. The molecule has 6 heteroatoms. The minimum Gasteiger partial charge on any atom is -0.352 e. The van der Waals surface area contributed by atoms with Crippen molar-refractivity contribution >= 4 is 21.6 Å². The lowest BCUT2D eigenvalue weighted by atomic mass is 10.2. The Hall–Kier alpha value is -1.30. The first-order chi connectivity index (χ1) is 10.2. The maximum absolute atomic E-state index is 12.3. The van der Waals surface area contributed by atoms with Crippen molar-refractivity contribution in [2.75, 3.05) is 6.54 Å². The van der Waals surface area contributed by atoms with E-state index in [1.54, 1.807) is 12.1 Å². The van der Waals surface area contributed by atoms with E-state index in [1.165, 1.54) is 11.8 Å². The molecule has 120 valence electrons. The van der Waals surface area contributed by atoms with Crippen LogP contribution in [0.15, 0.2) is 29.2 Å². The Balaban J connectivity index is 2.06. The first kappa shape index (κ1) is 17.1. The number of halogens is 1. The molecule has 2 aromatic rings. The number of nitrogens with zero attached hydrogens (tertiary/aromatic N) is 1. The van der Waals surface area contributed by atoms with Gasteiger partial charge in [0.25, 0.3) is 0 Å². The Morgan fingerprint density at radius 2 is 1.86 bits per heavy atom. The SMILES string of the molecule is Cc1ccc(S(=O)(=O)NCCc2cc(C)n(C)c2C)cc1Cl. The van der Waals surface area contributed by atoms with Gasteiger partial charge in [-0.25, -0.2) is 13.1 Å². The van der Waals surface area contributed by atoms with Crippen molar-refractivity contribution in [1.82, 2.24) is 9.29 Å². The van der Waals surface area contributed by atoms with Gasteiger partial charge >= 0.3 is 0 Å². The summed E-state index contributed by atoms with van der Waals surface area (Å²) in [5.41, 5.74) is 4.34. The molecule has 0 radical (unpaired) electrons. The van der Waals surface area contributed by atoms with Crippen LogP contribution < -0.4 is 4.72 Å². The predicted octanol–water partition coefficient (Wildman–Crippen LogP) is 3.12. The molecule has 1 heterocycles. The minimum atomic E-state index is -3.53. The number of sulfonamides is 1. The Kier molecular flexibility index (Phi) is 5.00. The van der Waals surface area contributed by atoms with Crippen LogP contribution in [0.5, 0.6) is 0 Å². The quantitative estimate of drug-likeness (QED) is 0.909. The summed E-state index contributed by atoms with van der Waals surface area (Å²) in [6.07, 6.45) is 0.659. The molecule has 4 nitrogen and oxygen atoms in total. The lowest BCUT2D eigenvalue weighted by molar-refractivity contribution is 0.581. The molecule has 0 atom stereocenters. The van der Waals surface area contributed by atoms with E-state index in [-0.39, 0.29) is 4.90 Å². The lowest BCUT2D eigenvalue weighted by Crippen LogP contribution is -2.26. The van der Waals surface area contributed by atoms with Crippen LogP contribution in [0.25, 0.3) is 0 Å². The second kappa shape index (κ2) is 6.44. The summed E-state index contributed by atoms with van der Waals surface area (Å²) in [4.78, 5) is 0.198. The van der Waals surface area contributed by atoms with E-state index in [9.17, 15) is 8.42 Å². The molecular formula is C16H21ClN2O2S. The fraction of sp³-hybridized carbons (Fsp3) is 0.375. The van der Waals surface area contributed by atoms with Gasteiger partial charge in [-0.1, -0.05) is 17.7 Å². The Morgan fingerprint density at radius 3 is 2.41 bits per heavy atom. The van der Waals surface area contributed by atoms with Crippen LogP contribution in [0.4, 0.5) is 0 Å². The second-order valence-electron chi connectivity index (χ2n) is 5.51. The highest BCUT2D eigenvalue weighted by Crippen LogP contribution is 2.20. The molecule has 0 aliphatic heterocycles. The molecule has 0 saturated heterocycles. The van der Waals surface area contributed by atoms with Crippen molar-refractivity contribution in [3.63, 3.8) is 0 Å². The van der Waals surface area contributed by atoms with E-state index in [0.29, 0.717) is 18.0 Å². The number of aromatic nitrogens is 1. The standard InChI is InChI=1S/C16H21ClN2O2S/c1-11-5-6-15(10-16(11)17)22(20,21)18-8-7-14-9-12(2)19(4)13(14)3/h5-6,9-10,18H,7-8H2,1-4H3. The Bertz CT molecular complexity index is 795. The number of nitrogens with one attached hydrogen (secondary N) is 1. The third-order valence-electron chi connectivity index (χ3n) is 4.02. The molecule has 0 fully saturated rings. The predicted molar refractivity (Wildman–Crippen MR) is 90.0 cm³/mol. The average Bonchev–Trinajstić information content (AvgIpc) is 2.69. The summed E-state index contributed by atoms with van der Waals surface area (Å²) in [5.74, 6) is 0. The molecular weight excluding hydrogens is 320 g/mol. The number of benzene rings is 1. The van der Waals surface area contributed by atoms with Crippen molar-refractivity contribution in [2.45, 2.75) is 32.1 Å². The molecule has 0 unspecified atom stereocenters. The van der Waals surface area contributed by atoms with Crippen LogP contribution in [0.2, 0.25) is 5.02 Å². The molecule has 22 heavy (non-hydrogen) atoms. The van der Waals surface area contributed by atoms with Crippen LogP contribution in [0, 0.1) is 20.8 Å².